The highest BCUT2D eigenvalue weighted by molar-refractivity contribution is 5.62. The van der Waals surface area contributed by atoms with E-state index in [0.717, 1.165) is 23.6 Å². The smallest absolute Gasteiger partial charge is 0.0376 e. The first-order valence-electron chi connectivity index (χ1n) is 9.05. The molecule has 1 aromatic carbocycles. The van der Waals surface area contributed by atoms with Crippen LogP contribution in [-0.2, 0) is 11.8 Å². The highest BCUT2D eigenvalue weighted by Gasteiger charge is 2.49. The van der Waals surface area contributed by atoms with Gasteiger partial charge in [-0.2, -0.15) is 0 Å². The Labute approximate surface area is 135 Å². The zero-order valence-electron chi connectivity index (χ0n) is 14.6. The Morgan fingerprint density at radius 3 is 2.73 bits per heavy atom. The molecular weight excluding hydrogens is 268 g/mol. The van der Waals surface area contributed by atoms with Gasteiger partial charge >= 0.3 is 0 Å². The average molecular weight is 298 g/mol. The average Bonchev–Trinajstić information content (AvgIpc) is 3.27. The van der Waals surface area contributed by atoms with Gasteiger partial charge in [-0.05, 0) is 85.6 Å². The summed E-state index contributed by atoms with van der Waals surface area (Å²) in [5, 5.41) is 0. The Balaban J connectivity index is 1.78. The van der Waals surface area contributed by atoms with E-state index in [4.69, 9.17) is 5.73 Å². The molecule has 1 aromatic rings. The van der Waals surface area contributed by atoms with Crippen molar-refractivity contribution in [2.75, 3.05) is 18.8 Å². The molecule has 22 heavy (non-hydrogen) atoms. The van der Waals surface area contributed by atoms with Gasteiger partial charge in [0.1, 0.15) is 0 Å². The van der Waals surface area contributed by atoms with Crippen molar-refractivity contribution in [3.8, 4) is 0 Å². The highest BCUT2D eigenvalue weighted by Crippen LogP contribution is 2.51. The number of piperidine rings is 1. The van der Waals surface area contributed by atoms with Crippen molar-refractivity contribution in [1.29, 1.82) is 0 Å². The van der Waals surface area contributed by atoms with Crippen LogP contribution in [0.25, 0.3) is 0 Å². The molecule has 0 amide bonds. The molecule has 120 valence electrons. The second-order valence-corrected chi connectivity index (χ2v) is 8.43. The molecular formula is C20H30N2. The molecule has 2 fully saturated rings. The van der Waals surface area contributed by atoms with Crippen molar-refractivity contribution in [2.45, 2.75) is 64.8 Å². The summed E-state index contributed by atoms with van der Waals surface area (Å²) in [6.45, 7) is 12.0. The van der Waals surface area contributed by atoms with Crippen molar-refractivity contribution < 1.29 is 0 Å². The lowest BCUT2D eigenvalue weighted by Crippen LogP contribution is -2.58. The zero-order valence-corrected chi connectivity index (χ0v) is 14.6. The number of hydrogen-bond donors (Lipinski definition) is 1. The maximum Gasteiger partial charge on any atom is 0.0376 e. The molecule has 1 saturated heterocycles. The molecule has 1 unspecified atom stereocenters. The van der Waals surface area contributed by atoms with Gasteiger partial charge in [-0.15, -0.1) is 0 Å². The Hall–Kier alpha value is -1.02. The number of rotatable bonds is 2. The summed E-state index contributed by atoms with van der Waals surface area (Å²) in [4.78, 5) is 2.81. The number of fused-ring (bicyclic) bond motifs is 4. The van der Waals surface area contributed by atoms with E-state index < -0.39 is 0 Å². The van der Waals surface area contributed by atoms with Crippen molar-refractivity contribution in [2.24, 2.45) is 11.8 Å². The highest BCUT2D eigenvalue weighted by atomic mass is 15.2. The molecule has 1 heterocycles. The third kappa shape index (κ3) is 1.96. The van der Waals surface area contributed by atoms with Crippen LogP contribution < -0.4 is 5.73 Å². The van der Waals surface area contributed by atoms with Gasteiger partial charge in [-0.3, -0.25) is 4.90 Å². The van der Waals surface area contributed by atoms with Crippen LogP contribution in [0.15, 0.2) is 6.07 Å². The molecule has 2 N–H and O–H groups in total. The maximum absolute atomic E-state index is 6.37. The minimum atomic E-state index is 0.310. The lowest BCUT2D eigenvalue weighted by Gasteiger charge is -2.55. The van der Waals surface area contributed by atoms with E-state index in [1.807, 2.05) is 0 Å². The van der Waals surface area contributed by atoms with Crippen molar-refractivity contribution in [1.82, 2.24) is 4.90 Å². The molecule has 3 aliphatic rings. The Morgan fingerprint density at radius 1 is 1.32 bits per heavy atom. The van der Waals surface area contributed by atoms with E-state index >= 15 is 0 Å². The van der Waals surface area contributed by atoms with Crippen LogP contribution in [0.4, 0.5) is 5.69 Å². The van der Waals surface area contributed by atoms with Crippen LogP contribution in [0.5, 0.6) is 0 Å². The van der Waals surface area contributed by atoms with E-state index in [0.29, 0.717) is 5.41 Å². The fraction of sp³-hybridized carbons (Fsp3) is 0.700. The molecule has 0 spiro atoms. The standard InChI is InChI=1S/C20H30N2/c1-12-9-16-10-17-14(3)20(4,18(16)13(2)19(12)21)7-8-22(17)11-15-5-6-15/h9,14-15,17H,5-8,10-11,21H2,1-4H3/t14-,17?,20-/m0/s1. The Morgan fingerprint density at radius 2 is 2.05 bits per heavy atom. The van der Waals surface area contributed by atoms with Crippen molar-refractivity contribution in [3.63, 3.8) is 0 Å². The molecule has 2 bridgehead atoms. The molecule has 2 aliphatic carbocycles. The lowest BCUT2D eigenvalue weighted by atomic mass is 9.57. The summed E-state index contributed by atoms with van der Waals surface area (Å²) in [5.41, 5.74) is 13.5. The third-order valence-electron chi connectivity index (χ3n) is 7.08. The van der Waals surface area contributed by atoms with E-state index in [1.165, 1.54) is 49.9 Å². The number of likely N-dealkylation sites (tertiary alicyclic amines) is 1. The maximum atomic E-state index is 6.37. The number of aryl methyl sites for hydroxylation is 1. The van der Waals surface area contributed by atoms with Crippen LogP contribution in [0.3, 0.4) is 0 Å². The van der Waals surface area contributed by atoms with Crippen molar-refractivity contribution >= 4 is 5.69 Å². The molecule has 1 saturated carbocycles. The summed E-state index contributed by atoms with van der Waals surface area (Å²) in [7, 11) is 0. The van der Waals surface area contributed by atoms with Gasteiger partial charge in [0.25, 0.3) is 0 Å². The first-order chi connectivity index (χ1) is 10.4. The molecule has 0 aromatic heterocycles. The summed E-state index contributed by atoms with van der Waals surface area (Å²) in [5.74, 6) is 1.72. The van der Waals surface area contributed by atoms with E-state index in [-0.39, 0.29) is 0 Å². The van der Waals surface area contributed by atoms with Gasteiger partial charge in [0.05, 0.1) is 0 Å². The normalized spacial score (nSPS) is 34.5. The summed E-state index contributed by atoms with van der Waals surface area (Å²) in [6.07, 6.45) is 5.43. The summed E-state index contributed by atoms with van der Waals surface area (Å²) >= 11 is 0. The number of nitrogens with two attached hydrogens (primary N) is 1. The number of nitrogen functional groups attached to an aromatic ring is 1. The molecule has 3 atom stereocenters. The fourth-order valence-corrected chi connectivity index (χ4v) is 5.29. The predicted octanol–water partition coefficient (Wildman–Crippen LogP) is 3.82. The lowest BCUT2D eigenvalue weighted by molar-refractivity contribution is 0.0281. The van der Waals surface area contributed by atoms with Gasteiger partial charge in [-0.1, -0.05) is 19.9 Å². The second kappa shape index (κ2) is 4.74. The molecule has 2 heteroatoms. The molecule has 4 rings (SSSR count). The minimum Gasteiger partial charge on any atom is -0.398 e. The van der Waals surface area contributed by atoms with Gasteiger partial charge in [0.15, 0.2) is 0 Å². The number of hydrogen-bond acceptors (Lipinski definition) is 2. The van der Waals surface area contributed by atoms with Gasteiger partial charge < -0.3 is 5.73 Å². The SMILES string of the molecule is Cc1cc2c(c(C)c1N)[C@@]1(C)CCN(CC3CC3)C(C2)[C@@H]1C. The topological polar surface area (TPSA) is 29.3 Å². The Bertz CT molecular complexity index is 617. The van der Waals surface area contributed by atoms with E-state index in [1.54, 1.807) is 11.1 Å². The van der Waals surface area contributed by atoms with Crippen molar-refractivity contribution in [3.05, 3.63) is 28.3 Å². The molecule has 2 nitrogen and oxygen atoms in total. The van der Waals surface area contributed by atoms with Crippen LogP contribution in [0, 0.1) is 25.7 Å². The largest absolute Gasteiger partial charge is 0.398 e. The van der Waals surface area contributed by atoms with Gasteiger partial charge in [0, 0.05) is 18.3 Å². The number of anilines is 1. The molecule has 0 radical (unpaired) electrons. The fourth-order valence-electron chi connectivity index (χ4n) is 5.29. The van der Waals surface area contributed by atoms with Crippen LogP contribution in [-0.4, -0.2) is 24.0 Å². The van der Waals surface area contributed by atoms with Crippen LogP contribution in [0.2, 0.25) is 0 Å². The summed E-state index contributed by atoms with van der Waals surface area (Å²) < 4.78 is 0. The number of benzene rings is 1. The second-order valence-electron chi connectivity index (χ2n) is 8.43. The predicted molar refractivity (Wildman–Crippen MR) is 93.3 cm³/mol. The zero-order chi connectivity index (χ0) is 15.6. The monoisotopic (exact) mass is 298 g/mol. The first-order valence-corrected chi connectivity index (χ1v) is 9.05. The van der Waals surface area contributed by atoms with E-state index in [9.17, 15) is 0 Å². The third-order valence-corrected chi connectivity index (χ3v) is 7.08. The number of nitrogens with zero attached hydrogens (tertiary/aromatic N) is 1. The van der Waals surface area contributed by atoms with Crippen LogP contribution in [0.1, 0.15) is 55.4 Å². The van der Waals surface area contributed by atoms with Crippen LogP contribution >= 0.6 is 0 Å². The molecule has 1 aliphatic heterocycles. The first kappa shape index (κ1) is 14.6. The van der Waals surface area contributed by atoms with Gasteiger partial charge in [0.2, 0.25) is 0 Å². The Kier molecular flexibility index (Phi) is 3.14. The van der Waals surface area contributed by atoms with E-state index in [2.05, 4.69) is 38.7 Å². The quantitative estimate of drug-likeness (QED) is 0.841. The summed E-state index contributed by atoms with van der Waals surface area (Å²) in [6, 6.07) is 3.12. The van der Waals surface area contributed by atoms with Gasteiger partial charge in [-0.25, -0.2) is 0 Å². The minimum absolute atomic E-state index is 0.310.